The summed E-state index contributed by atoms with van der Waals surface area (Å²) in [5, 5.41) is 2.72. The van der Waals surface area contributed by atoms with E-state index in [1.165, 1.54) is 11.6 Å². The number of rotatable bonds is 4. The first kappa shape index (κ1) is 15.7. The number of halogens is 1. The minimum absolute atomic E-state index is 0.0899. The highest BCUT2D eigenvalue weighted by Crippen LogP contribution is 2.21. The van der Waals surface area contributed by atoms with Crippen molar-refractivity contribution in [2.24, 2.45) is 5.92 Å². The van der Waals surface area contributed by atoms with E-state index in [1.807, 2.05) is 18.2 Å². The summed E-state index contributed by atoms with van der Waals surface area (Å²) in [5.74, 6) is -0.572. The molecule has 4 heteroatoms. The van der Waals surface area contributed by atoms with E-state index in [1.54, 1.807) is 18.2 Å². The molecule has 3 rings (SSSR count). The number of carbonyl (C=O) groups is 1. The van der Waals surface area contributed by atoms with Crippen LogP contribution in [0.1, 0.15) is 18.4 Å². The van der Waals surface area contributed by atoms with E-state index < -0.39 is 5.82 Å². The molecule has 1 saturated heterocycles. The lowest BCUT2D eigenvalue weighted by Crippen LogP contribution is -2.40. The largest absolute Gasteiger partial charge is 0.323 e. The number of nitrogens with zero attached hydrogens (tertiary/aromatic N) is 1. The normalized spacial score (nSPS) is 18.6. The number of piperidine rings is 1. The zero-order valence-corrected chi connectivity index (χ0v) is 13.0. The third-order valence-corrected chi connectivity index (χ3v) is 4.26. The molecule has 1 aliphatic rings. The zero-order valence-electron chi connectivity index (χ0n) is 13.0. The average molecular weight is 312 g/mol. The van der Waals surface area contributed by atoms with E-state index in [9.17, 15) is 9.18 Å². The van der Waals surface area contributed by atoms with Gasteiger partial charge in [-0.25, -0.2) is 4.39 Å². The van der Waals surface area contributed by atoms with Crippen LogP contribution >= 0.6 is 0 Å². The van der Waals surface area contributed by atoms with E-state index in [0.717, 1.165) is 32.5 Å². The van der Waals surface area contributed by atoms with Crippen molar-refractivity contribution in [1.29, 1.82) is 0 Å². The van der Waals surface area contributed by atoms with Gasteiger partial charge in [0.2, 0.25) is 5.91 Å². The summed E-state index contributed by atoms with van der Waals surface area (Å²) in [6.45, 7) is 2.57. The molecule has 2 aromatic carbocycles. The number of hydrogen-bond acceptors (Lipinski definition) is 2. The summed E-state index contributed by atoms with van der Waals surface area (Å²) in [5.41, 5.74) is 1.51. The Morgan fingerprint density at radius 3 is 2.65 bits per heavy atom. The monoisotopic (exact) mass is 312 g/mol. The molecule has 1 N–H and O–H groups in total. The van der Waals surface area contributed by atoms with Gasteiger partial charge in [0, 0.05) is 13.1 Å². The Balaban J connectivity index is 1.59. The molecule has 1 atom stereocenters. The minimum atomic E-state index is -0.391. The zero-order chi connectivity index (χ0) is 16.1. The highest BCUT2D eigenvalue weighted by Gasteiger charge is 2.26. The quantitative estimate of drug-likeness (QED) is 0.934. The van der Waals surface area contributed by atoms with Gasteiger partial charge in [-0.15, -0.1) is 0 Å². The van der Waals surface area contributed by atoms with E-state index in [2.05, 4.69) is 22.3 Å². The van der Waals surface area contributed by atoms with Crippen LogP contribution in [0.15, 0.2) is 54.6 Å². The first-order valence-corrected chi connectivity index (χ1v) is 8.04. The predicted octanol–water partition coefficient (Wildman–Crippen LogP) is 3.68. The molecule has 0 bridgehead atoms. The molecular weight excluding hydrogens is 291 g/mol. The van der Waals surface area contributed by atoms with Crippen molar-refractivity contribution in [3.8, 4) is 0 Å². The van der Waals surface area contributed by atoms with Gasteiger partial charge >= 0.3 is 0 Å². The Labute approximate surface area is 136 Å². The maximum Gasteiger partial charge on any atom is 0.228 e. The van der Waals surface area contributed by atoms with Gasteiger partial charge in [-0.2, -0.15) is 0 Å². The second kappa shape index (κ2) is 7.38. The molecule has 1 heterocycles. The second-order valence-corrected chi connectivity index (χ2v) is 6.03. The molecule has 120 valence electrons. The average Bonchev–Trinajstić information content (AvgIpc) is 2.58. The summed E-state index contributed by atoms with van der Waals surface area (Å²) in [6, 6.07) is 16.6. The van der Waals surface area contributed by atoms with Crippen LogP contribution in [-0.2, 0) is 11.3 Å². The van der Waals surface area contributed by atoms with Crippen LogP contribution in [0.2, 0.25) is 0 Å². The van der Waals surface area contributed by atoms with Crippen molar-refractivity contribution in [2.45, 2.75) is 19.4 Å². The molecule has 0 aliphatic carbocycles. The van der Waals surface area contributed by atoms with Gasteiger partial charge < -0.3 is 5.32 Å². The fraction of sp³-hybridized carbons (Fsp3) is 0.316. The number of nitrogens with one attached hydrogen (secondary N) is 1. The third-order valence-electron chi connectivity index (χ3n) is 4.26. The lowest BCUT2D eigenvalue weighted by atomic mass is 9.96. The summed E-state index contributed by atoms with van der Waals surface area (Å²) >= 11 is 0. The van der Waals surface area contributed by atoms with Crippen molar-refractivity contribution in [2.75, 3.05) is 18.4 Å². The lowest BCUT2D eigenvalue weighted by molar-refractivity contribution is -0.121. The molecule has 1 fully saturated rings. The van der Waals surface area contributed by atoms with Crippen molar-refractivity contribution < 1.29 is 9.18 Å². The highest BCUT2D eigenvalue weighted by atomic mass is 19.1. The van der Waals surface area contributed by atoms with Gasteiger partial charge in [0.1, 0.15) is 5.82 Å². The topological polar surface area (TPSA) is 32.3 Å². The van der Waals surface area contributed by atoms with E-state index >= 15 is 0 Å². The number of hydrogen-bond donors (Lipinski definition) is 1. The van der Waals surface area contributed by atoms with E-state index in [0.29, 0.717) is 0 Å². The maximum absolute atomic E-state index is 13.7. The fourth-order valence-corrected chi connectivity index (χ4v) is 3.05. The van der Waals surface area contributed by atoms with Gasteiger partial charge in [-0.3, -0.25) is 9.69 Å². The number of anilines is 1. The summed E-state index contributed by atoms with van der Waals surface area (Å²) in [7, 11) is 0. The third kappa shape index (κ3) is 4.17. The van der Waals surface area contributed by atoms with Gasteiger partial charge in [0.25, 0.3) is 0 Å². The van der Waals surface area contributed by atoms with Gasteiger partial charge in [-0.05, 0) is 37.1 Å². The van der Waals surface area contributed by atoms with E-state index in [-0.39, 0.29) is 17.5 Å². The van der Waals surface area contributed by atoms with Crippen molar-refractivity contribution in [3.63, 3.8) is 0 Å². The van der Waals surface area contributed by atoms with Gasteiger partial charge in [-0.1, -0.05) is 42.5 Å². The molecule has 0 aromatic heterocycles. The molecule has 23 heavy (non-hydrogen) atoms. The standard InChI is InChI=1S/C19H21FN2O/c20-17-10-4-5-11-18(17)21-19(23)16-9-6-12-22(14-16)13-15-7-2-1-3-8-15/h1-5,7-8,10-11,16H,6,9,12-14H2,(H,21,23)/t16-/m1/s1. The molecule has 0 spiro atoms. The number of para-hydroxylation sites is 1. The molecule has 0 unspecified atom stereocenters. The van der Waals surface area contributed by atoms with Crippen LogP contribution in [-0.4, -0.2) is 23.9 Å². The molecule has 1 amide bonds. The van der Waals surface area contributed by atoms with Crippen LogP contribution in [0.5, 0.6) is 0 Å². The van der Waals surface area contributed by atoms with Gasteiger partial charge in [0.05, 0.1) is 11.6 Å². The Morgan fingerprint density at radius 2 is 1.87 bits per heavy atom. The lowest BCUT2D eigenvalue weighted by Gasteiger charge is -2.32. The first-order valence-electron chi connectivity index (χ1n) is 8.04. The van der Waals surface area contributed by atoms with Crippen molar-refractivity contribution >= 4 is 11.6 Å². The number of carbonyl (C=O) groups excluding carboxylic acids is 1. The number of likely N-dealkylation sites (tertiary alicyclic amines) is 1. The number of amides is 1. The van der Waals surface area contributed by atoms with Crippen LogP contribution in [0.3, 0.4) is 0 Å². The summed E-state index contributed by atoms with van der Waals surface area (Å²) in [6.07, 6.45) is 1.84. The SMILES string of the molecule is O=C(Nc1ccccc1F)[C@@H]1CCCN(Cc2ccccc2)C1. The molecule has 1 aliphatic heterocycles. The van der Waals surface area contributed by atoms with Crippen LogP contribution < -0.4 is 5.32 Å². The molecular formula is C19H21FN2O. The predicted molar refractivity (Wildman–Crippen MR) is 89.5 cm³/mol. The summed E-state index contributed by atoms with van der Waals surface area (Å²) in [4.78, 5) is 14.7. The highest BCUT2D eigenvalue weighted by molar-refractivity contribution is 5.92. The minimum Gasteiger partial charge on any atom is -0.323 e. The van der Waals surface area contributed by atoms with Gasteiger partial charge in [0.15, 0.2) is 0 Å². The Kier molecular flexibility index (Phi) is 5.03. The molecule has 0 saturated carbocycles. The Bertz CT molecular complexity index is 659. The smallest absolute Gasteiger partial charge is 0.228 e. The molecule has 3 nitrogen and oxygen atoms in total. The van der Waals surface area contributed by atoms with Crippen molar-refractivity contribution in [1.82, 2.24) is 4.90 Å². The van der Waals surface area contributed by atoms with Crippen LogP contribution in [0.4, 0.5) is 10.1 Å². The maximum atomic E-state index is 13.7. The summed E-state index contributed by atoms with van der Waals surface area (Å²) < 4.78 is 13.7. The number of benzene rings is 2. The molecule has 2 aromatic rings. The van der Waals surface area contributed by atoms with Crippen LogP contribution in [0, 0.1) is 11.7 Å². The van der Waals surface area contributed by atoms with Crippen LogP contribution in [0.25, 0.3) is 0 Å². The van der Waals surface area contributed by atoms with E-state index in [4.69, 9.17) is 0 Å². The Hall–Kier alpha value is -2.20. The second-order valence-electron chi connectivity index (χ2n) is 6.03. The Morgan fingerprint density at radius 1 is 1.13 bits per heavy atom. The fourth-order valence-electron chi connectivity index (χ4n) is 3.05. The van der Waals surface area contributed by atoms with Crippen molar-refractivity contribution in [3.05, 3.63) is 66.0 Å². The molecule has 0 radical (unpaired) electrons. The first-order chi connectivity index (χ1) is 11.2.